The second-order valence-corrected chi connectivity index (χ2v) is 7.66. The standard InChI is InChI=1S/C24H22FN3.2ClH/c1-15-8-23-24(28-14-27-23)12-21(15)20-7-6-16(9-22(20)25)13-26-19-10-17-4-2-3-5-18(17)11-19;;/h2-9,12,14,19,26H,10-11,13H2,1H3,(H,27,28);2*1H. The van der Waals surface area contributed by atoms with Crippen LogP contribution in [0.5, 0.6) is 0 Å². The molecule has 1 aromatic heterocycles. The van der Waals surface area contributed by atoms with E-state index in [1.165, 1.54) is 11.1 Å². The number of aromatic amines is 1. The fraction of sp³-hybridized carbons (Fsp3) is 0.208. The molecule has 1 aliphatic rings. The smallest absolute Gasteiger partial charge is 0.131 e. The van der Waals surface area contributed by atoms with Gasteiger partial charge >= 0.3 is 0 Å². The van der Waals surface area contributed by atoms with Gasteiger partial charge in [-0.05, 0) is 65.8 Å². The van der Waals surface area contributed by atoms with Crippen LogP contribution in [-0.2, 0) is 19.4 Å². The Morgan fingerprint density at radius 3 is 2.43 bits per heavy atom. The van der Waals surface area contributed by atoms with Crippen molar-refractivity contribution in [3.63, 3.8) is 0 Å². The Morgan fingerprint density at radius 1 is 1.00 bits per heavy atom. The fourth-order valence-corrected chi connectivity index (χ4v) is 4.23. The minimum absolute atomic E-state index is 0. The van der Waals surface area contributed by atoms with Crippen LogP contribution in [0.15, 0.2) is 60.9 Å². The van der Waals surface area contributed by atoms with E-state index in [4.69, 9.17) is 0 Å². The van der Waals surface area contributed by atoms with Crippen LogP contribution in [-0.4, -0.2) is 16.0 Å². The zero-order chi connectivity index (χ0) is 19.1. The van der Waals surface area contributed by atoms with Gasteiger partial charge in [-0.15, -0.1) is 24.8 Å². The summed E-state index contributed by atoms with van der Waals surface area (Å²) in [5, 5.41) is 3.58. The predicted octanol–water partition coefficient (Wildman–Crippen LogP) is 5.78. The molecule has 0 atom stereocenters. The molecular formula is C24H24Cl2FN3. The van der Waals surface area contributed by atoms with Crippen LogP contribution < -0.4 is 5.32 Å². The first-order valence-corrected chi connectivity index (χ1v) is 9.70. The Kier molecular flexibility index (Phi) is 6.81. The molecule has 0 spiro atoms. The summed E-state index contributed by atoms with van der Waals surface area (Å²) in [7, 11) is 0. The molecule has 6 heteroatoms. The van der Waals surface area contributed by atoms with E-state index >= 15 is 0 Å². The zero-order valence-corrected chi connectivity index (χ0v) is 18.2. The minimum Gasteiger partial charge on any atom is -0.345 e. The average Bonchev–Trinajstić information content (AvgIpc) is 3.31. The van der Waals surface area contributed by atoms with Gasteiger partial charge in [0.25, 0.3) is 0 Å². The average molecular weight is 444 g/mol. The third-order valence-corrected chi connectivity index (χ3v) is 5.74. The lowest BCUT2D eigenvalue weighted by atomic mass is 9.98. The van der Waals surface area contributed by atoms with Crippen molar-refractivity contribution in [1.82, 2.24) is 15.3 Å². The van der Waals surface area contributed by atoms with E-state index in [1.54, 1.807) is 12.4 Å². The van der Waals surface area contributed by atoms with Gasteiger partial charge in [0.05, 0.1) is 17.4 Å². The van der Waals surface area contributed by atoms with Crippen LogP contribution in [0.4, 0.5) is 4.39 Å². The van der Waals surface area contributed by atoms with Crippen molar-refractivity contribution in [2.24, 2.45) is 0 Å². The molecule has 3 nitrogen and oxygen atoms in total. The van der Waals surface area contributed by atoms with Gasteiger partial charge in [-0.3, -0.25) is 0 Å². The van der Waals surface area contributed by atoms with Gasteiger partial charge in [0, 0.05) is 18.2 Å². The Balaban J connectivity index is 0.00000128. The first-order chi connectivity index (χ1) is 13.7. The number of hydrogen-bond acceptors (Lipinski definition) is 2. The third-order valence-electron chi connectivity index (χ3n) is 5.74. The highest BCUT2D eigenvalue weighted by Crippen LogP contribution is 2.30. The maximum Gasteiger partial charge on any atom is 0.131 e. The van der Waals surface area contributed by atoms with E-state index in [9.17, 15) is 4.39 Å². The van der Waals surface area contributed by atoms with Crippen LogP contribution in [0.1, 0.15) is 22.3 Å². The Labute approximate surface area is 187 Å². The molecule has 3 aromatic carbocycles. The van der Waals surface area contributed by atoms with Crippen molar-refractivity contribution < 1.29 is 4.39 Å². The third kappa shape index (κ3) is 4.22. The molecule has 0 bridgehead atoms. The SMILES string of the molecule is Cc1cc2[nH]cnc2cc1-c1ccc(CNC2Cc3ccccc3C2)cc1F.Cl.Cl. The molecule has 1 heterocycles. The highest BCUT2D eigenvalue weighted by molar-refractivity contribution is 5.86. The fourth-order valence-electron chi connectivity index (χ4n) is 4.23. The molecule has 156 valence electrons. The summed E-state index contributed by atoms with van der Waals surface area (Å²) >= 11 is 0. The van der Waals surface area contributed by atoms with Crippen LogP contribution in [0.2, 0.25) is 0 Å². The summed E-state index contributed by atoms with van der Waals surface area (Å²) in [5.74, 6) is -0.188. The van der Waals surface area contributed by atoms with Gasteiger partial charge in [-0.25, -0.2) is 9.37 Å². The monoisotopic (exact) mass is 443 g/mol. The van der Waals surface area contributed by atoms with E-state index in [2.05, 4.69) is 39.6 Å². The molecule has 0 unspecified atom stereocenters. The number of fused-ring (bicyclic) bond motifs is 2. The number of hydrogen-bond donors (Lipinski definition) is 2. The second kappa shape index (κ2) is 9.17. The normalized spacial score (nSPS) is 13.0. The van der Waals surface area contributed by atoms with Crippen molar-refractivity contribution in [2.45, 2.75) is 32.4 Å². The molecule has 5 rings (SSSR count). The molecule has 0 saturated carbocycles. The summed E-state index contributed by atoms with van der Waals surface area (Å²) in [6, 6.07) is 18.5. The largest absolute Gasteiger partial charge is 0.345 e. The van der Waals surface area contributed by atoms with Crippen molar-refractivity contribution in [1.29, 1.82) is 0 Å². The van der Waals surface area contributed by atoms with Crippen molar-refractivity contribution >= 4 is 35.8 Å². The molecule has 0 saturated heterocycles. The summed E-state index contributed by atoms with van der Waals surface area (Å²) < 4.78 is 14.9. The van der Waals surface area contributed by atoms with E-state index in [0.717, 1.165) is 40.6 Å². The first kappa shape index (κ1) is 22.3. The molecule has 0 amide bonds. The van der Waals surface area contributed by atoms with Gasteiger partial charge in [0.1, 0.15) is 5.82 Å². The Bertz CT molecular complexity index is 1150. The predicted molar refractivity (Wildman–Crippen MR) is 125 cm³/mol. The van der Waals surface area contributed by atoms with E-state index in [-0.39, 0.29) is 30.6 Å². The molecule has 0 fully saturated rings. The summed E-state index contributed by atoms with van der Waals surface area (Å²) in [5.41, 5.74) is 8.19. The van der Waals surface area contributed by atoms with Crippen molar-refractivity contribution in [3.8, 4) is 11.1 Å². The number of halogens is 3. The number of nitrogens with one attached hydrogen (secondary N) is 2. The number of H-pyrrole nitrogens is 1. The lowest BCUT2D eigenvalue weighted by Gasteiger charge is -2.13. The van der Waals surface area contributed by atoms with Gasteiger partial charge in [0.15, 0.2) is 0 Å². The van der Waals surface area contributed by atoms with Crippen LogP contribution in [0, 0.1) is 12.7 Å². The second-order valence-electron chi connectivity index (χ2n) is 7.66. The number of benzene rings is 3. The maximum atomic E-state index is 14.9. The minimum atomic E-state index is -0.188. The quantitative estimate of drug-likeness (QED) is 0.419. The molecule has 2 N–H and O–H groups in total. The van der Waals surface area contributed by atoms with Gasteiger partial charge in [-0.1, -0.05) is 36.4 Å². The summed E-state index contributed by atoms with van der Waals surface area (Å²) in [6.45, 7) is 2.68. The number of aryl methyl sites for hydroxylation is 1. The number of imidazole rings is 1. The Morgan fingerprint density at radius 2 is 1.73 bits per heavy atom. The maximum absolute atomic E-state index is 14.9. The molecule has 1 aliphatic carbocycles. The number of aromatic nitrogens is 2. The molecular weight excluding hydrogens is 420 g/mol. The van der Waals surface area contributed by atoms with Crippen molar-refractivity contribution in [2.75, 3.05) is 0 Å². The van der Waals surface area contributed by atoms with Crippen LogP contribution in [0.3, 0.4) is 0 Å². The van der Waals surface area contributed by atoms with Crippen LogP contribution >= 0.6 is 24.8 Å². The summed E-state index contributed by atoms with van der Waals surface area (Å²) in [4.78, 5) is 7.40. The number of nitrogens with zero attached hydrogens (tertiary/aromatic N) is 1. The van der Waals surface area contributed by atoms with Gasteiger partial charge < -0.3 is 10.3 Å². The van der Waals surface area contributed by atoms with Gasteiger partial charge in [-0.2, -0.15) is 0 Å². The highest BCUT2D eigenvalue weighted by atomic mass is 35.5. The lowest BCUT2D eigenvalue weighted by Crippen LogP contribution is -2.28. The van der Waals surface area contributed by atoms with Crippen molar-refractivity contribution in [3.05, 3.63) is 89.0 Å². The first-order valence-electron chi connectivity index (χ1n) is 9.70. The zero-order valence-electron chi connectivity index (χ0n) is 16.6. The Hall–Kier alpha value is -2.40. The highest BCUT2D eigenvalue weighted by Gasteiger charge is 2.20. The molecule has 4 aromatic rings. The summed E-state index contributed by atoms with van der Waals surface area (Å²) in [6.07, 6.45) is 3.75. The van der Waals surface area contributed by atoms with E-state index in [1.807, 2.05) is 31.2 Å². The van der Waals surface area contributed by atoms with E-state index < -0.39 is 0 Å². The van der Waals surface area contributed by atoms with Gasteiger partial charge in [0.2, 0.25) is 0 Å². The van der Waals surface area contributed by atoms with Crippen LogP contribution in [0.25, 0.3) is 22.2 Å². The lowest BCUT2D eigenvalue weighted by molar-refractivity contribution is 0.530. The van der Waals surface area contributed by atoms with E-state index in [0.29, 0.717) is 18.2 Å². The molecule has 30 heavy (non-hydrogen) atoms. The topological polar surface area (TPSA) is 40.7 Å². The molecule has 0 radical (unpaired) electrons. The number of rotatable bonds is 4. The molecule has 0 aliphatic heterocycles.